The molecule has 38 heavy (non-hydrogen) atoms. The number of rotatable bonds is 5. The minimum atomic E-state index is -1.41. The Balaban J connectivity index is 1.61. The van der Waals surface area contributed by atoms with Gasteiger partial charge in [-0.25, -0.2) is 9.96 Å². The van der Waals surface area contributed by atoms with Crippen molar-refractivity contribution < 1.29 is 19.2 Å². The molecule has 2 saturated heterocycles. The van der Waals surface area contributed by atoms with Gasteiger partial charge in [-0.2, -0.15) is 0 Å². The molecule has 3 atom stereocenters. The number of carbonyl (C=O) groups excluding carboxylic acids is 2. The molecule has 0 bridgehead atoms. The maximum atomic E-state index is 14.7. The van der Waals surface area contributed by atoms with E-state index in [9.17, 15) is 9.59 Å². The van der Waals surface area contributed by atoms with E-state index in [4.69, 9.17) is 32.8 Å². The van der Waals surface area contributed by atoms with Crippen molar-refractivity contribution in [2.45, 2.75) is 17.6 Å². The second-order valence-electron chi connectivity index (χ2n) is 9.16. The molecule has 0 aromatic heterocycles. The van der Waals surface area contributed by atoms with E-state index < -0.39 is 29.4 Å². The maximum Gasteiger partial charge on any atom is 0.267 e. The summed E-state index contributed by atoms with van der Waals surface area (Å²) >= 11 is 12.5. The molecule has 2 amide bonds. The first-order valence-electron chi connectivity index (χ1n) is 12.0. The van der Waals surface area contributed by atoms with Gasteiger partial charge in [-0.3, -0.25) is 14.4 Å². The number of para-hydroxylation sites is 1. The number of hydroxylamine groups is 1. The van der Waals surface area contributed by atoms with E-state index in [-0.39, 0.29) is 0 Å². The van der Waals surface area contributed by atoms with Crippen LogP contribution in [0.15, 0.2) is 103 Å². The summed E-state index contributed by atoms with van der Waals surface area (Å²) in [6.07, 6.45) is -1.14. The van der Waals surface area contributed by atoms with Crippen LogP contribution < -0.4 is 14.7 Å². The molecular formula is C30H22Cl2N2O4. The Morgan fingerprint density at radius 1 is 0.789 bits per heavy atom. The molecule has 3 unspecified atom stereocenters. The maximum absolute atomic E-state index is 14.7. The van der Waals surface area contributed by atoms with E-state index in [0.29, 0.717) is 27.0 Å². The predicted molar refractivity (Wildman–Crippen MR) is 147 cm³/mol. The molecule has 2 fully saturated rings. The molecule has 0 radical (unpaired) electrons. The number of hydrogen-bond acceptors (Lipinski definition) is 5. The summed E-state index contributed by atoms with van der Waals surface area (Å²) in [5.74, 6) is -0.237. The van der Waals surface area contributed by atoms with Gasteiger partial charge in [0.05, 0.1) is 18.5 Å². The van der Waals surface area contributed by atoms with Crippen LogP contribution in [-0.2, 0) is 19.8 Å². The molecule has 6 nitrogen and oxygen atoms in total. The zero-order valence-corrected chi connectivity index (χ0v) is 21.8. The number of fused-ring (bicyclic) bond motifs is 1. The van der Waals surface area contributed by atoms with Gasteiger partial charge in [-0.05, 0) is 53.6 Å². The summed E-state index contributed by atoms with van der Waals surface area (Å²) in [5.41, 5.74) is 1.06. The Kier molecular flexibility index (Phi) is 6.11. The van der Waals surface area contributed by atoms with Crippen molar-refractivity contribution in [3.8, 4) is 5.75 Å². The lowest BCUT2D eigenvalue weighted by Gasteiger charge is -2.35. The minimum Gasteiger partial charge on any atom is -0.497 e. The highest BCUT2D eigenvalue weighted by Gasteiger charge is 2.72. The molecule has 0 saturated carbocycles. The number of methoxy groups -OCH3 is 1. The number of halogens is 2. The Labute approximate surface area is 229 Å². The fourth-order valence-electron chi connectivity index (χ4n) is 5.49. The average molecular weight is 545 g/mol. The van der Waals surface area contributed by atoms with Gasteiger partial charge in [0.1, 0.15) is 17.2 Å². The minimum absolute atomic E-state index is 0.297. The molecule has 190 valence electrons. The van der Waals surface area contributed by atoms with Crippen LogP contribution in [0.1, 0.15) is 17.2 Å². The quantitative estimate of drug-likeness (QED) is 0.273. The molecule has 0 aliphatic carbocycles. The van der Waals surface area contributed by atoms with Crippen molar-refractivity contribution in [1.29, 1.82) is 0 Å². The molecule has 2 aliphatic rings. The standard InChI is InChI=1S/C30H22Cl2N2O4/c1-37-25-14-12-19(13-15-25)26-30(20-8-4-2-5-9-20)27(38-34(26)23-10-6-3-7-11-23)28(35)33(29(30)36)24-17-21(31)16-22(32)18-24/h2-18,26-27H,1H3. The Hall–Kier alpha value is -3.84. The number of ether oxygens (including phenoxy) is 1. The third-order valence-corrected chi connectivity index (χ3v) is 7.54. The van der Waals surface area contributed by atoms with Crippen LogP contribution in [0.3, 0.4) is 0 Å². The van der Waals surface area contributed by atoms with Crippen LogP contribution in [0.25, 0.3) is 0 Å². The summed E-state index contributed by atoms with van der Waals surface area (Å²) < 4.78 is 5.38. The van der Waals surface area contributed by atoms with Crippen molar-refractivity contribution in [2.75, 3.05) is 17.1 Å². The SMILES string of the molecule is COc1ccc(C2N(c3ccccc3)OC3C(=O)N(c4cc(Cl)cc(Cl)c4)C(=O)C32c2ccccc2)cc1. The van der Waals surface area contributed by atoms with Crippen molar-refractivity contribution in [3.63, 3.8) is 0 Å². The number of imide groups is 1. The molecule has 8 heteroatoms. The lowest BCUT2D eigenvalue weighted by molar-refractivity contribution is -0.126. The van der Waals surface area contributed by atoms with E-state index in [1.165, 1.54) is 0 Å². The van der Waals surface area contributed by atoms with Crippen LogP contribution in [0.5, 0.6) is 5.75 Å². The first kappa shape index (κ1) is 24.5. The number of carbonyl (C=O) groups is 2. The Bertz CT molecular complexity index is 1490. The monoisotopic (exact) mass is 544 g/mol. The zero-order valence-electron chi connectivity index (χ0n) is 20.3. The van der Waals surface area contributed by atoms with Gasteiger partial charge in [0.15, 0.2) is 6.10 Å². The highest BCUT2D eigenvalue weighted by Crippen LogP contribution is 2.57. The van der Waals surface area contributed by atoms with Crippen LogP contribution >= 0.6 is 23.2 Å². The first-order valence-corrected chi connectivity index (χ1v) is 12.8. The number of nitrogens with zero attached hydrogens (tertiary/aromatic N) is 2. The van der Waals surface area contributed by atoms with Crippen LogP contribution in [0.4, 0.5) is 11.4 Å². The third-order valence-electron chi connectivity index (χ3n) is 7.10. The van der Waals surface area contributed by atoms with Gasteiger partial charge in [0.25, 0.3) is 5.91 Å². The van der Waals surface area contributed by atoms with Gasteiger partial charge < -0.3 is 4.74 Å². The highest BCUT2D eigenvalue weighted by molar-refractivity contribution is 6.36. The second kappa shape index (κ2) is 9.48. The highest BCUT2D eigenvalue weighted by atomic mass is 35.5. The Morgan fingerprint density at radius 2 is 1.39 bits per heavy atom. The topological polar surface area (TPSA) is 59.1 Å². The van der Waals surface area contributed by atoms with Gasteiger partial charge >= 0.3 is 0 Å². The molecular weight excluding hydrogens is 523 g/mol. The second-order valence-corrected chi connectivity index (χ2v) is 10.0. The molecule has 6 rings (SSSR count). The lowest BCUT2D eigenvalue weighted by Crippen LogP contribution is -2.46. The summed E-state index contributed by atoms with van der Waals surface area (Å²) in [7, 11) is 1.60. The van der Waals surface area contributed by atoms with E-state index >= 15 is 0 Å². The van der Waals surface area contributed by atoms with E-state index in [2.05, 4.69) is 0 Å². The number of benzene rings is 4. The third kappa shape index (κ3) is 3.68. The van der Waals surface area contributed by atoms with Crippen LogP contribution in [0, 0.1) is 0 Å². The van der Waals surface area contributed by atoms with Crippen LogP contribution in [-0.4, -0.2) is 25.0 Å². The smallest absolute Gasteiger partial charge is 0.267 e. The first-order chi connectivity index (χ1) is 18.4. The summed E-state index contributed by atoms with van der Waals surface area (Å²) in [4.78, 5) is 36.4. The number of amides is 2. The summed E-state index contributed by atoms with van der Waals surface area (Å²) in [6, 6.07) is 30.2. The zero-order chi connectivity index (χ0) is 26.4. The van der Waals surface area contributed by atoms with Crippen molar-refractivity contribution in [3.05, 3.63) is 124 Å². The summed E-state index contributed by atoms with van der Waals surface area (Å²) in [5, 5.41) is 2.31. The lowest BCUT2D eigenvalue weighted by atomic mass is 9.69. The van der Waals surface area contributed by atoms with Gasteiger partial charge in [-0.1, -0.05) is 83.9 Å². The Morgan fingerprint density at radius 3 is 2.00 bits per heavy atom. The fraction of sp³-hybridized carbons (Fsp3) is 0.133. The van der Waals surface area contributed by atoms with E-state index in [1.54, 1.807) is 30.4 Å². The number of anilines is 2. The van der Waals surface area contributed by atoms with Gasteiger partial charge in [-0.15, -0.1) is 0 Å². The molecule has 0 spiro atoms. The molecule has 2 heterocycles. The van der Waals surface area contributed by atoms with Gasteiger partial charge in [0.2, 0.25) is 5.91 Å². The van der Waals surface area contributed by atoms with Crippen molar-refractivity contribution in [2.24, 2.45) is 0 Å². The van der Waals surface area contributed by atoms with E-state index in [0.717, 1.165) is 16.2 Å². The van der Waals surface area contributed by atoms with Crippen molar-refractivity contribution >= 4 is 46.4 Å². The molecule has 4 aromatic carbocycles. The predicted octanol–water partition coefficient (Wildman–Crippen LogP) is 6.37. The fourth-order valence-corrected chi connectivity index (χ4v) is 6.00. The molecule has 2 aliphatic heterocycles. The molecule has 0 N–H and O–H groups in total. The average Bonchev–Trinajstić information content (AvgIpc) is 3.40. The van der Waals surface area contributed by atoms with Crippen molar-refractivity contribution in [1.82, 2.24) is 0 Å². The van der Waals surface area contributed by atoms with Gasteiger partial charge in [0, 0.05) is 10.0 Å². The number of hydrogen-bond donors (Lipinski definition) is 0. The normalized spacial score (nSPS) is 22.6. The molecule has 4 aromatic rings. The van der Waals surface area contributed by atoms with Crippen LogP contribution in [0.2, 0.25) is 10.0 Å². The largest absolute Gasteiger partial charge is 0.497 e. The summed E-state index contributed by atoms with van der Waals surface area (Å²) in [6.45, 7) is 0. The van der Waals surface area contributed by atoms with E-state index in [1.807, 2.05) is 84.9 Å².